The van der Waals surface area contributed by atoms with Crippen LogP contribution in [0, 0.1) is 0 Å². The molecule has 1 aliphatic carbocycles. The van der Waals surface area contributed by atoms with E-state index < -0.39 is 11.6 Å². The number of fused-ring (bicyclic) bond motifs is 1. The molecule has 1 heterocycles. The molecular weight excluding hydrogens is 270 g/mol. The third-order valence-corrected chi connectivity index (χ3v) is 4.68. The molecule has 1 unspecified atom stereocenters. The molecule has 0 bridgehead atoms. The number of carboxylic acid groups (broad SMARTS) is 1. The highest BCUT2D eigenvalue weighted by Gasteiger charge is 2.45. The highest BCUT2D eigenvalue weighted by molar-refractivity contribution is 5.66. The van der Waals surface area contributed by atoms with Gasteiger partial charge >= 0.3 is 6.09 Å². The summed E-state index contributed by atoms with van der Waals surface area (Å²) < 4.78 is 11.2. The highest BCUT2D eigenvalue weighted by atomic mass is 16.7. The second kappa shape index (κ2) is 5.66. The fourth-order valence-corrected chi connectivity index (χ4v) is 3.58. The van der Waals surface area contributed by atoms with Gasteiger partial charge in [-0.05, 0) is 30.4 Å². The van der Waals surface area contributed by atoms with Crippen molar-refractivity contribution < 1.29 is 19.4 Å². The summed E-state index contributed by atoms with van der Waals surface area (Å²) >= 11 is 0. The van der Waals surface area contributed by atoms with E-state index >= 15 is 0 Å². The van der Waals surface area contributed by atoms with Gasteiger partial charge < -0.3 is 19.5 Å². The van der Waals surface area contributed by atoms with Crippen molar-refractivity contribution in [3.63, 3.8) is 0 Å². The molecule has 1 fully saturated rings. The molecule has 1 amide bonds. The van der Waals surface area contributed by atoms with Gasteiger partial charge in [-0.3, -0.25) is 0 Å². The van der Waals surface area contributed by atoms with Gasteiger partial charge in [-0.2, -0.15) is 0 Å². The molecule has 21 heavy (non-hydrogen) atoms. The number of amides is 1. The predicted octanol–water partition coefficient (Wildman–Crippen LogP) is 2.59. The number of aryl methyl sites for hydroxylation is 1. The fraction of sp³-hybridized carbons (Fsp3) is 0.562. The third kappa shape index (κ3) is 2.51. The van der Waals surface area contributed by atoms with Gasteiger partial charge in [0.05, 0.1) is 18.8 Å². The lowest BCUT2D eigenvalue weighted by Crippen LogP contribution is -2.50. The van der Waals surface area contributed by atoms with E-state index in [-0.39, 0.29) is 6.29 Å². The van der Waals surface area contributed by atoms with Crippen molar-refractivity contribution in [1.82, 2.24) is 4.90 Å². The van der Waals surface area contributed by atoms with Crippen molar-refractivity contribution in [2.24, 2.45) is 0 Å². The lowest BCUT2D eigenvalue weighted by Gasteiger charge is -2.45. The van der Waals surface area contributed by atoms with Crippen molar-refractivity contribution in [2.75, 3.05) is 20.3 Å². The van der Waals surface area contributed by atoms with Crippen LogP contribution in [-0.4, -0.2) is 42.7 Å². The SMILES string of the molecule is CN(C(=O)O)C1(CC2OCCO2)CCCc2ccccc21. The smallest absolute Gasteiger partial charge is 0.407 e. The molecule has 5 nitrogen and oxygen atoms in total. The molecule has 1 atom stereocenters. The van der Waals surface area contributed by atoms with E-state index in [2.05, 4.69) is 6.07 Å². The summed E-state index contributed by atoms with van der Waals surface area (Å²) in [5.74, 6) is 0. The Bertz CT molecular complexity index is 527. The van der Waals surface area contributed by atoms with Crippen molar-refractivity contribution in [3.05, 3.63) is 35.4 Å². The number of nitrogens with zero attached hydrogens (tertiary/aromatic N) is 1. The summed E-state index contributed by atoms with van der Waals surface area (Å²) in [7, 11) is 1.65. The van der Waals surface area contributed by atoms with Crippen molar-refractivity contribution >= 4 is 6.09 Å². The van der Waals surface area contributed by atoms with E-state index in [0.29, 0.717) is 19.6 Å². The maximum atomic E-state index is 11.6. The molecule has 1 aromatic rings. The molecule has 114 valence electrons. The van der Waals surface area contributed by atoms with Crippen LogP contribution >= 0.6 is 0 Å². The predicted molar refractivity (Wildman–Crippen MR) is 77.2 cm³/mol. The zero-order valence-electron chi connectivity index (χ0n) is 12.2. The second-order valence-electron chi connectivity index (χ2n) is 5.76. The highest BCUT2D eigenvalue weighted by Crippen LogP contribution is 2.43. The molecule has 1 aromatic carbocycles. The molecule has 0 spiro atoms. The minimum Gasteiger partial charge on any atom is -0.465 e. The molecule has 0 aromatic heterocycles. The number of carbonyl (C=O) groups is 1. The zero-order valence-corrected chi connectivity index (χ0v) is 12.2. The number of ether oxygens (including phenoxy) is 2. The van der Waals surface area contributed by atoms with Crippen LogP contribution in [0.2, 0.25) is 0 Å². The fourth-order valence-electron chi connectivity index (χ4n) is 3.58. The molecule has 2 aliphatic rings. The number of hydrogen-bond acceptors (Lipinski definition) is 3. The van der Waals surface area contributed by atoms with E-state index in [9.17, 15) is 9.90 Å². The van der Waals surface area contributed by atoms with Crippen LogP contribution in [0.15, 0.2) is 24.3 Å². The summed E-state index contributed by atoms with van der Waals surface area (Å²) in [6.45, 7) is 1.17. The van der Waals surface area contributed by atoms with E-state index in [1.165, 1.54) is 10.5 Å². The second-order valence-corrected chi connectivity index (χ2v) is 5.76. The van der Waals surface area contributed by atoms with Gasteiger partial charge in [0.15, 0.2) is 6.29 Å². The van der Waals surface area contributed by atoms with E-state index in [1.54, 1.807) is 7.05 Å². The van der Waals surface area contributed by atoms with E-state index in [0.717, 1.165) is 24.8 Å². The van der Waals surface area contributed by atoms with E-state index in [1.807, 2.05) is 18.2 Å². The summed E-state index contributed by atoms with van der Waals surface area (Å²) in [6.07, 6.45) is 2.09. The Balaban J connectivity index is 2.02. The standard InChI is InChI=1S/C16H21NO4/c1-17(15(18)19)16(11-14-20-9-10-21-14)8-4-6-12-5-2-3-7-13(12)16/h2-3,5,7,14H,4,6,8-11H2,1H3,(H,18,19). The molecular formula is C16H21NO4. The Hall–Kier alpha value is -1.59. The Morgan fingerprint density at radius 2 is 2.10 bits per heavy atom. The maximum absolute atomic E-state index is 11.6. The van der Waals surface area contributed by atoms with Gasteiger partial charge in [0, 0.05) is 13.5 Å². The Morgan fingerprint density at radius 1 is 1.38 bits per heavy atom. The minimum absolute atomic E-state index is 0.321. The van der Waals surface area contributed by atoms with Crippen LogP contribution in [0.25, 0.3) is 0 Å². The van der Waals surface area contributed by atoms with Gasteiger partial charge in [0.1, 0.15) is 0 Å². The molecule has 0 radical (unpaired) electrons. The van der Waals surface area contributed by atoms with Crippen molar-refractivity contribution in [3.8, 4) is 0 Å². The first kappa shape index (κ1) is 14.4. The van der Waals surface area contributed by atoms with Crippen LogP contribution in [0.1, 0.15) is 30.4 Å². The van der Waals surface area contributed by atoms with E-state index in [4.69, 9.17) is 9.47 Å². The maximum Gasteiger partial charge on any atom is 0.407 e. The monoisotopic (exact) mass is 291 g/mol. The molecule has 3 rings (SSSR count). The van der Waals surface area contributed by atoms with Gasteiger partial charge in [-0.1, -0.05) is 24.3 Å². The number of hydrogen-bond donors (Lipinski definition) is 1. The Morgan fingerprint density at radius 3 is 2.81 bits per heavy atom. The summed E-state index contributed by atoms with van der Waals surface area (Å²) in [6, 6.07) is 8.13. The largest absolute Gasteiger partial charge is 0.465 e. The zero-order chi connectivity index (χ0) is 14.9. The van der Waals surface area contributed by atoms with Crippen LogP contribution in [0.3, 0.4) is 0 Å². The molecule has 1 N–H and O–H groups in total. The molecule has 5 heteroatoms. The summed E-state index contributed by atoms with van der Waals surface area (Å²) in [4.78, 5) is 13.1. The van der Waals surface area contributed by atoms with Crippen molar-refractivity contribution in [1.29, 1.82) is 0 Å². The van der Waals surface area contributed by atoms with Crippen molar-refractivity contribution in [2.45, 2.75) is 37.5 Å². The number of benzene rings is 1. The summed E-state index contributed by atoms with van der Waals surface area (Å²) in [5, 5.41) is 9.54. The first-order chi connectivity index (χ1) is 10.1. The Labute approximate surface area is 124 Å². The molecule has 1 aliphatic heterocycles. The quantitative estimate of drug-likeness (QED) is 0.930. The van der Waals surface area contributed by atoms with Gasteiger partial charge in [0.25, 0.3) is 0 Å². The average Bonchev–Trinajstić information content (AvgIpc) is 2.99. The van der Waals surface area contributed by atoms with Crippen LogP contribution < -0.4 is 0 Å². The normalized spacial score (nSPS) is 25.6. The van der Waals surface area contributed by atoms with Crippen LogP contribution in [-0.2, 0) is 21.4 Å². The van der Waals surface area contributed by atoms with Crippen LogP contribution in [0.4, 0.5) is 4.79 Å². The first-order valence-corrected chi connectivity index (χ1v) is 7.42. The minimum atomic E-state index is -0.912. The average molecular weight is 291 g/mol. The number of rotatable bonds is 3. The van der Waals surface area contributed by atoms with Crippen LogP contribution in [0.5, 0.6) is 0 Å². The lowest BCUT2D eigenvalue weighted by atomic mass is 9.73. The first-order valence-electron chi connectivity index (χ1n) is 7.42. The molecule has 0 saturated carbocycles. The van der Waals surface area contributed by atoms with Gasteiger partial charge in [-0.15, -0.1) is 0 Å². The topological polar surface area (TPSA) is 59.0 Å². The van der Waals surface area contributed by atoms with Gasteiger partial charge in [0.2, 0.25) is 0 Å². The van der Waals surface area contributed by atoms with Gasteiger partial charge in [-0.25, -0.2) is 4.79 Å². The lowest BCUT2D eigenvalue weighted by molar-refractivity contribution is -0.0828. The summed E-state index contributed by atoms with van der Waals surface area (Å²) in [5.41, 5.74) is 1.77. The Kier molecular flexibility index (Phi) is 3.87. The third-order valence-electron chi connectivity index (χ3n) is 4.68. The molecule has 1 saturated heterocycles.